The highest BCUT2D eigenvalue weighted by atomic mass is 16.8. The Hall–Kier alpha value is -6.33. The van der Waals surface area contributed by atoms with E-state index in [2.05, 4.69) is 5.32 Å². The Labute approximate surface area is 338 Å². The number of aliphatic hydroxyl groups is 1. The van der Waals surface area contributed by atoms with Crippen LogP contribution in [0.15, 0.2) is 157 Å². The predicted octanol–water partition coefficient (Wildman–Crippen LogP) is 6.37. The van der Waals surface area contributed by atoms with E-state index in [-0.39, 0.29) is 31.7 Å². The van der Waals surface area contributed by atoms with E-state index in [1.54, 1.807) is 37.4 Å². The summed E-state index contributed by atoms with van der Waals surface area (Å²) in [6, 6.07) is 41.6. The summed E-state index contributed by atoms with van der Waals surface area (Å²) in [6.45, 7) is -0.214. The molecule has 1 heterocycles. The molecule has 1 aliphatic carbocycles. The van der Waals surface area contributed by atoms with Crippen molar-refractivity contribution in [1.29, 1.82) is 0 Å². The maximum Gasteiger partial charge on any atom is 0.339 e. The van der Waals surface area contributed by atoms with Gasteiger partial charge in [-0.15, -0.1) is 0 Å². The Morgan fingerprint density at radius 3 is 2.14 bits per heavy atom. The molecule has 3 N–H and O–H groups in total. The fourth-order valence-corrected chi connectivity index (χ4v) is 7.52. The van der Waals surface area contributed by atoms with Gasteiger partial charge < -0.3 is 34.6 Å². The van der Waals surface area contributed by atoms with Gasteiger partial charge in [0.25, 0.3) is 0 Å². The van der Waals surface area contributed by atoms with Crippen LogP contribution in [-0.4, -0.2) is 77.4 Å². The lowest BCUT2D eigenvalue weighted by Gasteiger charge is -2.33. The number of para-hydroxylation sites is 1. The number of fused-ring (bicyclic) bond motifs is 1. The zero-order valence-corrected chi connectivity index (χ0v) is 32.1. The van der Waals surface area contributed by atoms with Crippen molar-refractivity contribution in [3.8, 4) is 5.75 Å². The predicted molar refractivity (Wildman–Crippen MR) is 219 cm³/mol. The summed E-state index contributed by atoms with van der Waals surface area (Å²) < 4.78 is 20.2. The topological polar surface area (TPSA) is 135 Å². The van der Waals surface area contributed by atoms with E-state index in [0.717, 1.165) is 22.3 Å². The minimum atomic E-state index is -1.40. The van der Waals surface area contributed by atoms with Crippen molar-refractivity contribution in [1.82, 2.24) is 10.2 Å². The van der Waals surface area contributed by atoms with Gasteiger partial charge in [-0.05, 0) is 41.3 Å². The molecule has 5 aromatic carbocycles. The van der Waals surface area contributed by atoms with Crippen molar-refractivity contribution in [3.63, 3.8) is 0 Å². The van der Waals surface area contributed by atoms with Crippen LogP contribution < -0.4 is 5.32 Å². The molecule has 0 bridgehead atoms. The summed E-state index contributed by atoms with van der Waals surface area (Å²) in [7, 11) is 1.57. The number of allylic oxidation sites excluding steroid dienone is 1. The van der Waals surface area contributed by atoms with Crippen LogP contribution in [0.2, 0.25) is 0 Å². The minimum absolute atomic E-state index is 0.0132. The van der Waals surface area contributed by atoms with E-state index in [1.165, 1.54) is 4.90 Å². The summed E-state index contributed by atoms with van der Waals surface area (Å²) in [5.41, 5.74) is 4.28. The number of carbonyl (C=O) groups excluding carboxylic acids is 3. The molecule has 2 aliphatic rings. The van der Waals surface area contributed by atoms with Gasteiger partial charge in [-0.25, -0.2) is 4.79 Å². The molecule has 0 radical (unpaired) electrons. The van der Waals surface area contributed by atoms with Gasteiger partial charge in [0.1, 0.15) is 30.1 Å². The number of amides is 2. The fourth-order valence-electron chi connectivity index (χ4n) is 7.52. The molecule has 0 spiro atoms. The number of benzene rings is 5. The first-order valence-corrected chi connectivity index (χ1v) is 19.4. The standard InChI is InChI=1S/C48H46N2O8/c1-50(40(45(53)49-28-29-51)30-33-16-5-2-6-17-33)46(54)36-31-42(56-47(55)39-26-13-11-18-34(39)20-15-21-35-19-12-14-27-41(35)52)44-43(32-36)57-48(58-44,37-22-7-3-8-23-37)38-24-9-4-10-25-38/h2-20,22-27,32,40,42-44,51-52H,21,28-31H2,1H3,(H,49,53). The van der Waals surface area contributed by atoms with Gasteiger partial charge in [0.05, 0.1) is 12.2 Å². The monoisotopic (exact) mass is 778 g/mol. The minimum Gasteiger partial charge on any atom is -0.508 e. The average Bonchev–Trinajstić information content (AvgIpc) is 3.67. The number of aromatic hydroxyl groups is 1. The zero-order chi connectivity index (χ0) is 40.5. The molecule has 0 aromatic heterocycles. The smallest absolute Gasteiger partial charge is 0.339 e. The maximum atomic E-state index is 14.6. The number of nitrogens with zero attached hydrogens (tertiary/aromatic N) is 1. The molecule has 2 amide bonds. The Balaban J connectivity index is 1.22. The van der Waals surface area contributed by atoms with Gasteiger partial charge in [-0.3, -0.25) is 9.59 Å². The number of aliphatic hydroxyl groups excluding tert-OH is 1. The lowest BCUT2D eigenvalue weighted by molar-refractivity contribution is -0.157. The third kappa shape index (κ3) is 8.79. The first-order chi connectivity index (χ1) is 28.3. The van der Waals surface area contributed by atoms with Gasteiger partial charge >= 0.3 is 5.97 Å². The van der Waals surface area contributed by atoms with E-state index >= 15 is 0 Å². The van der Waals surface area contributed by atoms with E-state index in [1.807, 2.05) is 127 Å². The van der Waals surface area contributed by atoms with Crippen molar-refractivity contribution in [2.24, 2.45) is 0 Å². The Bertz CT molecular complexity index is 2220. The van der Waals surface area contributed by atoms with Crippen LogP contribution in [0.1, 0.15) is 44.6 Å². The second-order valence-corrected chi connectivity index (χ2v) is 14.3. The van der Waals surface area contributed by atoms with E-state index in [9.17, 15) is 24.6 Å². The summed E-state index contributed by atoms with van der Waals surface area (Å²) in [5.74, 6) is -2.67. The highest BCUT2D eigenvalue weighted by Crippen LogP contribution is 2.47. The van der Waals surface area contributed by atoms with Crippen molar-refractivity contribution in [3.05, 3.63) is 191 Å². The normalized spacial score (nSPS) is 18.8. The largest absolute Gasteiger partial charge is 0.508 e. The molecule has 1 aliphatic heterocycles. The summed E-state index contributed by atoms with van der Waals surface area (Å²) in [5, 5.41) is 22.4. The molecule has 5 aromatic rings. The number of nitrogens with one attached hydrogen (secondary N) is 1. The molecule has 58 heavy (non-hydrogen) atoms. The van der Waals surface area contributed by atoms with Crippen molar-refractivity contribution < 1.29 is 38.8 Å². The number of esters is 1. The quantitative estimate of drug-likeness (QED) is 0.111. The van der Waals surface area contributed by atoms with Crippen LogP contribution in [0.25, 0.3) is 6.08 Å². The van der Waals surface area contributed by atoms with E-state index in [0.29, 0.717) is 23.1 Å². The number of carbonyl (C=O) groups is 3. The van der Waals surface area contributed by atoms with Crippen LogP contribution >= 0.6 is 0 Å². The Morgan fingerprint density at radius 2 is 1.47 bits per heavy atom. The molecular weight excluding hydrogens is 733 g/mol. The molecule has 296 valence electrons. The van der Waals surface area contributed by atoms with Crippen LogP contribution in [0.3, 0.4) is 0 Å². The number of phenols is 1. The molecule has 10 heteroatoms. The number of rotatable bonds is 14. The second kappa shape index (κ2) is 18.3. The second-order valence-electron chi connectivity index (χ2n) is 14.3. The first-order valence-electron chi connectivity index (χ1n) is 19.4. The maximum absolute atomic E-state index is 14.6. The number of phenolic OH excluding ortho intramolecular Hbond substituents is 1. The van der Waals surface area contributed by atoms with Crippen molar-refractivity contribution in [2.75, 3.05) is 20.2 Å². The molecule has 7 rings (SSSR count). The Kier molecular flexibility index (Phi) is 12.6. The molecule has 0 saturated carbocycles. The van der Waals surface area contributed by atoms with Gasteiger partial charge in [0.15, 0.2) is 0 Å². The van der Waals surface area contributed by atoms with Crippen LogP contribution in [-0.2, 0) is 42.4 Å². The van der Waals surface area contributed by atoms with E-state index < -0.39 is 47.9 Å². The molecule has 1 fully saturated rings. The molecule has 1 saturated heterocycles. The lowest BCUT2D eigenvalue weighted by Crippen LogP contribution is -2.51. The third-order valence-electron chi connectivity index (χ3n) is 10.5. The van der Waals surface area contributed by atoms with Gasteiger partial charge in [-0.2, -0.15) is 0 Å². The van der Waals surface area contributed by atoms with Gasteiger partial charge in [-0.1, -0.05) is 140 Å². The first kappa shape index (κ1) is 39.9. The molecule has 4 atom stereocenters. The molecule has 10 nitrogen and oxygen atoms in total. The summed E-state index contributed by atoms with van der Waals surface area (Å²) >= 11 is 0. The van der Waals surface area contributed by atoms with Gasteiger partial charge in [0.2, 0.25) is 17.6 Å². The number of likely N-dealkylation sites (N-methyl/N-ethyl adjacent to an activating group) is 1. The highest BCUT2D eigenvalue weighted by Gasteiger charge is 2.55. The van der Waals surface area contributed by atoms with Crippen LogP contribution in [0, 0.1) is 0 Å². The molecule has 4 unspecified atom stereocenters. The van der Waals surface area contributed by atoms with Gasteiger partial charge in [0, 0.05) is 43.1 Å². The van der Waals surface area contributed by atoms with Crippen LogP contribution in [0.5, 0.6) is 5.75 Å². The average molecular weight is 779 g/mol. The van der Waals surface area contributed by atoms with Crippen molar-refractivity contribution in [2.45, 2.75) is 49.4 Å². The Morgan fingerprint density at radius 1 is 0.845 bits per heavy atom. The molecular formula is C48H46N2O8. The third-order valence-corrected chi connectivity index (χ3v) is 10.5. The highest BCUT2D eigenvalue weighted by molar-refractivity contribution is 5.98. The number of ether oxygens (including phenoxy) is 3. The number of hydrogen-bond acceptors (Lipinski definition) is 8. The lowest BCUT2D eigenvalue weighted by atomic mass is 9.90. The number of hydrogen-bond donors (Lipinski definition) is 3. The summed E-state index contributed by atoms with van der Waals surface area (Å²) in [4.78, 5) is 43.7. The summed E-state index contributed by atoms with van der Waals surface area (Å²) in [6.07, 6.45) is 3.46. The van der Waals surface area contributed by atoms with Crippen LogP contribution in [0.4, 0.5) is 0 Å². The zero-order valence-electron chi connectivity index (χ0n) is 32.1. The van der Waals surface area contributed by atoms with Crippen molar-refractivity contribution >= 4 is 23.9 Å². The fraction of sp³-hybridized carbons (Fsp3) is 0.229. The SMILES string of the molecule is CN(C(=O)C1=CC2OC(c3ccccc3)(c3ccccc3)OC2C(OC(=O)c2ccccc2C=CCc2ccccc2O)C1)C(Cc1ccccc1)C(=O)NCCO. The van der Waals surface area contributed by atoms with E-state index in [4.69, 9.17) is 14.2 Å².